The number of benzene rings is 2. The average Bonchev–Trinajstić information content (AvgIpc) is 2.93. The Hall–Kier alpha value is -2.77. The number of carboxylic acids is 1. The fourth-order valence-electron chi connectivity index (χ4n) is 3.08. The van der Waals surface area contributed by atoms with Crippen LogP contribution in [0.2, 0.25) is 10.0 Å². The van der Waals surface area contributed by atoms with Crippen molar-refractivity contribution in [2.45, 2.75) is 25.2 Å². The van der Waals surface area contributed by atoms with Crippen LogP contribution < -0.4 is 10.0 Å². The van der Waals surface area contributed by atoms with Gasteiger partial charge < -0.3 is 5.11 Å². The molecule has 1 aliphatic heterocycles. The number of halogens is 2. The van der Waals surface area contributed by atoms with E-state index in [1.54, 1.807) is 6.07 Å². The largest absolute Gasteiger partial charge is 0.480 e. The monoisotopic (exact) mass is 502 g/mol. The molecule has 0 radical (unpaired) electrons. The van der Waals surface area contributed by atoms with Gasteiger partial charge in [-0.3, -0.25) is 25.0 Å². The molecule has 0 unspecified atom stereocenters. The number of carbonyl (C=O) groups is 2. The van der Waals surface area contributed by atoms with E-state index in [9.17, 15) is 33.2 Å². The van der Waals surface area contributed by atoms with E-state index < -0.39 is 39.2 Å². The molecule has 3 rings (SSSR count). The van der Waals surface area contributed by atoms with Crippen LogP contribution in [0.3, 0.4) is 0 Å². The Balaban J connectivity index is 1.85. The molecule has 2 aromatic carbocycles. The maximum atomic E-state index is 12.5. The lowest BCUT2D eigenvalue weighted by molar-refractivity contribution is -0.384. The minimum atomic E-state index is -4.27. The van der Waals surface area contributed by atoms with E-state index in [0.717, 1.165) is 4.31 Å². The third kappa shape index (κ3) is 5.16. The zero-order valence-electron chi connectivity index (χ0n) is 16.1. The van der Waals surface area contributed by atoms with Gasteiger partial charge in [0.2, 0.25) is 0 Å². The van der Waals surface area contributed by atoms with Crippen LogP contribution in [-0.2, 0) is 32.8 Å². The molecular weight excluding hydrogens is 487 g/mol. The van der Waals surface area contributed by atoms with Crippen LogP contribution in [0, 0.1) is 10.1 Å². The molecule has 1 fully saturated rings. The smallest absolute Gasteiger partial charge is 0.321 e. The second-order valence-corrected chi connectivity index (χ2v) is 9.23. The van der Waals surface area contributed by atoms with E-state index in [4.69, 9.17) is 23.2 Å². The SMILES string of the molecule is O=C(O)[C@H](Cc1ccc([N+](=O)[O-])cc1)N[C@H]1C(=O)NS(=O)(=O)N1Cc1cccc(Cl)c1Cl. The van der Waals surface area contributed by atoms with E-state index in [1.165, 1.54) is 36.4 Å². The molecule has 2 aromatic rings. The van der Waals surface area contributed by atoms with Crippen molar-refractivity contribution < 1.29 is 28.0 Å². The number of aliphatic carboxylic acids is 1. The lowest BCUT2D eigenvalue weighted by Gasteiger charge is -2.24. The van der Waals surface area contributed by atoms with Gasteiger partial charge in [-0.1, -0.05) is 47.5 Å². The highest BCUT2D eigenvalue weighted by molar-refractivity contribution is 7.88. The zero-order chi connectivity index (χ0) is 23.6. The van der Waals surface area contributed by atoms with Gasteiger partial charge in [-0.25, -0.2) is 4.72 Å². The van der Waals surface area contributed by atoms with Crippen molar-refractivity contribution in [1.29, 1.82) is 0 Å². The van der Waals surface area contributed by atoms with E-state index in [-0.39, 0.29) is 28.7 Å². The molecule has 170 valence electrons. The lowest BCUT2D eigenvalue weighted by atomic mass is 10.1. The van der Waals surface area contributed by atoms with E-state index in [0.29, 0.717) is 11.1 Å². The molecule has 11 nitrogen and oxygen atoms in total. The van der Waals surface area contributed by atoms with E-state index in [1.807, 2.05) is 4.72 Å². The third-order valence-electron chi connectivity index (χ3n) is 4.68. The maximum absolute atomic E-state index is 12.5. The number of nitro benzene ring substituents is 1. The molecule has 0 spiro atoms. The first kappa shape index (κ1) is 23.9. The van der Waals surface area contributed by atoms with Gasteiger partial charge in [0, 0.05) is 18.7 Å². The molecular formula is C18H16Cl2N4O7S. The molecule has 0 aliphatic carbocycles. The first-order valence-electron chi connectivity index (χ1n) is 8.98. The number of rotatable bonds is 8. The third-order valence-corrected chi connectivity index (χ3v) is 6.95. The second kappa shape index (κ2) is 9.38. The summed E-state index contributed by atoms with van der Waals surface area (Å²) in [5.74, 6) is -2.31. The predicted octanol–water partition coefficient (Wildman–Crippen LogP) is 1.69. The summed E-state index contributed by atoms with van der Waals surface area (Å²) < 4.78 is 27.5. The van der Waals surface area contributed by atoms with Crippen LogP contribution in [0.4, 0.5) is 5.69 Å². The van der Waals surface area contributed by atoms with E-state index in [2.05, 4.69) is 5.32 Å². The Labute approximate surface area is 192 Å². The molecule has 2 atom stereocenters. The van der Waals surface area contributed by atoms with Gasteiger partial charge in [-0.05, 0) is 23.6 Å². The van der Waals surface area contributed by atoms with Gasteiger partial charge in [0.25, 0.3) is 11.6 Å². The summed E-state index contributed by atoms with van der Waals surface area (Å²) in [6, 6.07) is 8.40. The van der Waals surface area contributed by atoms with Gasteiger partial charge >= 0.3 is 16.2 Å². The van der Waals surface area contributed by atoms with Crippen molar-refractivity contribution in [3.8, 4) is 0 Å². The normalized spacial score (nSPS) is 18.8. The highest BCUT2D eigenvalue weighted by Gasteiger charge is 2.45. The lowest BCUT2D eigenvalue weighted by Crippen LogP contribution is -2.53. The Morgan fingerprint density at radius 3 is 2.50 bits per heavy atom. The predicted molar refractivity (Wildman–Crippen MR) is 114 cm³/mol. The standard InChI is InChI=1S/C18H16Cl2N4O7S/c19-13-3-1-2-11(15(13)20)9-23-16(17(25)22-32(23,30)31)21-14(18(26)27)8-10-4-6-12(7-5-10)24(28)29/h1-7,14,16,21H,8-9H2,(H,22,25)(H,26,27)/t14-,16+/m0/s1. The fraction of sp³-hybridized carbons (Fsp3) is 0.222. The van der Waals surface area contributed by atoms with Crippen LogP contribution in [-0.4, -0.2) is 46.8 Å². The number of hydrogen-bond donors (Lipinski definition) is 3. The summed E-state index contributed by atoms with van der Waals surface area (Å²) in [5, 5.41) is 23.2. The number of nitrogens with one attached hydrogen (secondary N) is 2. The number of carbonyl (C=O) groups excluding carboxylic acids is 1. The molecule has 3 N–H and O–H groups in total. The molecule has 1 heterocycles. The number of nitro groups is 1. The minimum absolute atomic E-state index is 0.100. The van der Waals surface area contributed by atoms with Crippen molar-refractivity contribution in [2.24, 2.45) is 0 Å². The van der Waals surface area contributed by atoms with Crippen LogP contribution in [0.5, 0.6) is 0 Å². The molecule has 1 saturated heterocycles. The zero-order valence-corrected chi connectivity index (χ0v) is 18.4. The summed E-state index contributed by atoms with van der Waals surface area (Å²) >= 11 is 12.1. The Morgan fingerprint density at radius 1 is 1.25 bits per heavy atom. The van der Waals surface area contributed by atoms with Crippen LogP contribution in [0.25, 0.3) is 0 Å². The number of hydrogen-bond acceptors (Lipinski definition) is 7. The Morgan fingerprint density at radius 2 is 1.91 bits per heavy atom. The molecule has 0 bridgehead atoms. The first-order valence-corrected chi connectivity index (χ1v) is 11.2. The van der Waals surface area contributed by atoms with Crippen LogP contribution >= 0.6 is 23.2 Å². The van der Waals surface area contributed by atoms with Gasteiger partial charge in [-0.15, -0.1) is 0 Å². The Bertz CT molecular complexity index is 1170. The molecule has 0 aromatic heterocycles. The molecule has 32 heavy (non-hydrogen) atoms. The number of carboxylic acid groups (broad SMARTS) is 1. The molecule has 14 heteroatoms. The first-order chi connectivity index (χ1) is 15.0. The highest BCUT2D eigenvalue weighted by atomic mass is 35.5. The molecule has 1 amide bonds. The van der Waals surface area contributed by atoms with Crippen molar-refractivity contribution in [1.82, 2.24) is 14.3 Å². The summed E-state index contributed by atoms with van der Waals surface area (Å²) in [6.07, 6.45) is -1.70. The van der Waals surface area contributed by atoms with Gasteiger partial charge in [-0.2, -0.15) is 12.7 Å². The number of non-ortho nitro benzene ring substituents is 1. The molecule has 1 aliphatic rings. The van der Waals surface area contributed by atoms with Crippen molar-refractivity contribution in [2.75, 3.05) is 0 Å². The molecule has 0 saturated carbocycles. The summed E-state index contributed by atoms with van der Waals surface area (Å²) in [4.78, 5) is 34.3. The highest BCUT2D eigenvalue weighted by Crippen LogP contribution is 2.28. The summed E-state index contributed by atoms with van der Waals surface area (Å²) in [6.45, 7) is -0.345. The Kier molecular flexibility index (Phi) is 7.00. The minimum Gasteiger partial charge on any atom is -0.480 e. The number of nitrogens with zero attached hydrogens (tertiary/aromatic N) is 2. The van der Waals surface area contributed by atoms with Crippen molar-refractivity contribution in [3.05, 3.63) is 73.8 Å². The van der Waals surface area contributed by atoms with E-state index >= 15 is 0 Å². The van der Waals surface area contributed by atoms with Crippen molar-refractivity contribution >= 4 is 51.0 Å². The van der Waals surface area contributed by atoms with Crippen molar-refractivity contribution in [3.63, 3.8) is 0 Å². The number of amides is 1. The van der Waals surface area contributed by atoms with Gasteiger partial charge in [0.1, 0.15) is 6.04 Å². The fourth-order valence-corrected chi connectivity index (χ4v) is 4.69. The van der Waals surface area contributed by atoms with Gasteiger partial charge in [0.05, 0.1) is 15.0 Å². The topological polar surface area (TPSA) is 159 Å². The maximum Gasteiger partial charge on any atom is 0.321 e. The van der Waals surface area contributed by atoms with Crippen LogP contribution in [0.1, 0.15) is 11.1 Å². The summed E-state index contributed by atoms with van der Waals surface area (Å²) in [5.41, 5.74) is 0.578. The quantitative estimate of drug-likeness (QED) is 0.363. The summed E-state index contributed by atoms with van der Waals surface area (Å²) in [7, 11) is -4.27. The van der Waals surface area contributed by atoms with Gasteiger partial charge in [0.15, 0.2) is 6.17 Å². The second-order valence-electron chi connectivity index (χ2n) is 6.82. The average molecular weight is 503 g/mol. The van der Waals surface area contributed by atoms with Crippen LogP contribution in [0.15, 0.2) is 42.5 Å².